The van der Waals surface area contributed by atoms with E-state index in [4.69, 9.17) is 24.3 Å². The molecule has 0 amide bonds. The van der Waals surface area contributed by atoms with Crippen LogP contribution in [0.3, 0.4) is 0 Å². The van der Waals surface area contributed by atoms with Gasteiger partial charge in [0.2, 0.25) is 0 Å². The number of carbonyl (C=O) groups excluding carboxylic acids is 2. The number of carbonyl (C=O) groups is 2. The molecular weight excluding hydrogens is 665 g/mol. The van der Waals surface area contributed by atoms with Crippen LogP contribution >= 0.6 is 7.82 Å². The highest BCUT2D eigenvalue weighted by molar-refractivity contribution is 7.47. The topological polar surface area (TPSA) is 134 Å². The summed E-state index contributed by atoms with van der Waals surface area (Å²) in [5.74, 6) is -0.873. The molecule has 0 heterocycles. The van der Waals surface area contributed by atoms with Gasteiger partial charge in [-0.1, -0.05) is 126 Å². The zero-order valence-electron chi connectivity index (χ0n) is 32.1. The molecule has 0 spiro atoms. The van der Waals surface area contributed by atoms with Gasteiger partial charge in [0.05, 0.1) is 13.2 Å². The highest BCUT2D eigenvalue weighted by Gasteiger charge is 2.25. The van der Waals surface area contributed by atoms with Gasteiger partial charge < -0.3 is 20.1 Å². The Morgan fingerprint density at radius 2 is 1.08 bits per heavy atom. The van der Waals surface area contributed by atoms with Gasteiger partial charge >= 0.3 is 19.8 Å². The summed E-state index contributed by atoms with van der Waals surface area (Å²) in [4.78, 5) is 34.7. The molecule has 0 saturated carbocycles. The van der Waals surface area contributed by atoms with Crippen molar-refractivity contribution in [1.82, 2.24) is 0 Å². The molecule has 0 aromatic carbocycles. The average molecular weight is 738 g/mol. The van der Waals surface area contributed by atoms with Crippen LogP contribution < -0.4 is 5.73 Å². The SMILES string of the molecule is CC/C=C\C/C=C\C/C=C\C/C=C\CCCCCCC(=O)OC[C@H](COP(=O)(O)OCCN)OC(=O)CCCCCCC/C=C\CCCCCC. The quantitative estimate of drug-likeness (QED) is 0.0279. The first kappa shape index (κ1) is 48.7. The van der Waals surface area contributed by atoms with Crippen molar-refractivity contribution in [2.75, 3.05) is 26.4 Å². The third-order valence-electron chi connectivity index (χ3n) is 7.89. The largest absolute Gasteiger partial charge is 0.472 e. The average Bonchev–Trinajstić information content (AvgIpc) is 3.11. The molecule has 0 aromatic rings. The number of hydrogen-bond donors (Lipinski definition) is 2. The fourth-order valence-corrected chi connectivity index (χ4v) is 5.74. The number of unbranched alkanes of at least 4 members (excludes halogenated alkanes) is 13. The molecule has 0 saturated heterocycles. The van der Waals surface area contributed by atoms with E-state index < -0.39 is 32.5 Å². The van der Waals surface area contributed by atoms with E-state index >= 15 is 0 Å². The fourth-order valence-electron chi connectivity index (χ4n) is 4.97. The van der Waals surface area contributed by atoms with E-state index in [0.717, 1.165) is 89.9 Å². The third-order valence-corrected chi connectivity index (χ3v) is 8.87. The molecule has 10 heteroatoms. The minimum Gasteiger partial charge on any atom is -0.462 e. The van der Waals surface area contributed by atoms with Crippen molar-refractivity contribution >= 4 is 19.8 Å². The molecule has 0 aliphatic rings. The molecule has 0 aliphatic heterocycles. The molecule has 0 fully saturated rings. The Labute approximate surface area is 310 Å². The van der Waals surface area contributed by atoms with Crippen LogP contribution in [0.5, 0.6) is 0 Å². The van der Waals surface area contributed by atoms with Crippen LogP contribution in [-0.2, 0) is 32.7 Å². The minimum absolute atomic E-state index is 0.0458. The predicted octanol–water partition coefficient (Wildman–Crippen LogP) is 10.9. The van der Waals surface area contributed by atoms with Crippen molar-refractivity contribution in [3.63, 3.8) is 0 Å². The van der Waals surface area contributed by atoms with E-state index in [1.54, 1.807) is 0 Å². The van der Waals surface area contributed by atoms with Crippen LogP contribution in [0, 0.1) is 0 Å². The second-order valence-electron chi connectivity index (χ2n) is 12.8. The molecule has 0 radical (unpaired) electrons. The van der Waals surface area contributed by atoms with E-state index in [1.807, 2.05) is 0 Å². The summed E-state index contributed by atoms with van der Waals surface area (Å²) in [5, 5.41) is 0. The van der Waals surface area contributed by atoms with Crippen molar-refractivity contribution in [2.45, 2.75) is 161 Å². The minimum atomic E-state index is -4.38. The van der Waals surface area contributed by atoms with Crippen LogP contribution in [0.25, 0.3) is 0 Å². The molecule has 2 atom stereocenters. The second kappa shape index (κ2) is 37.5. The number of rotatable bonds is 36. The van der Waals surface area contributed by atoms with Gasteiger partial charge in [-0.25, -0.2) is 4.57 Å². The van der Waals surface area contributed by atoms with Gasteiger partial charge in [0, 0.05) is 19.4 Å². The van der Waals surface area contributed by atoms with E-state index in [9.17, 15) is 19.0 Å². The number of ether oxygens (including phenoxy) is 2. The number of esters is 2. The van der Waals surface area contributed by atoms with Gasteiger partial charge in [-0.2, -0.15) is 0 Å². The molecule has 3 N–H and O–H groups in total. The van der Waals surface area contributed by atoms with Crippen molar-refractivity contribution < 1.29 is 37.6 Å². The van der Waals surface area contributed by atoms with Crippen molar-refractivity contribution in [3.05, 3.63) is 60.8 Å². The summed E-state index contributed by atoms with van der Waals surface area (Å²) >= 11 is 0. The molecule has 0 rings (SSSR count). The number of allylic oxidation sites excluding steroid dienone is 10. The van der Waals surface area contributed by atoms with Gasteiger partial charge in [0.15, 0.2) is 6.10 Å². The Balaban J connectivity index is 4.27. The first-order valence-electron chi connectivity index (χ1n) is 19.8. The Bertz CT molecular complexity index is 1020. The summed E-state index contributed by atoms with van der Waals surface area (Å²) in [6.07, 6.45) is 42.5. The molecule has 9 nitrogen and oxygen atoms in total. The van der Waals surface area contributed by atoms with Gasteiger partial charge in [0.1, 0.15) is 6.61 Å². The monoisotopic (exact) mass is 737 g/mol. The van der Waals surface area contributed by atoms with Crippen LogP contribution in [-0.4, -0.2) is 49.3 Å². The lowest BCUT2D eigenvalue weighted by molar-refractivity contribution is -0.161. The maximum absolute atomic E-state index is 12.5. The lowest BCUT2D eigenvalue weighted by Crippen LogP contribution is -2.29. The molecule has 1 unspecified atom stereocenters. The maximum Gasteiger partial charge on any atom is 0.472 e. The number of hydrogen-bond acceptors (Lipinski definition) is 8. The third kappa shape index (κ3) is 37.3. The Morgan fingerprint density at radius 1 is 0.608 bits per heavy atom. The second-order valence-corrected chi connectivity index (χ2v) is 14.2. The lowest BCUT2D eigenvalue weighted by atomic mass is 10.1. The van der Waals surface area contributed by atoms with E-state index in [-0.39, 0.29) is 32.6 Å². The number of phosphoric acid groups is 1. The zero-order chi connectivity index (χ0) is 37.5. The Hall–Kier alpha value is -2.29. The molecule has 0 aliphatic carbocycles. The fraction of sp³-hybridized carbons (Fsp3) is 0.707. The molecule has 0 bridgehead atoms. The van der Waals surface area contributed by atoms with Crippen LogP contribution in [0.15, 0.2) is 60.8 Å². The molecule has 294 valence electrons. The van der Waals surface area contributed by atoms with Gasteiger partial charge in [0.25, 0.3) is 0 Å². The predicted molar refractivity (Wildman–Crippen MR) is 210 cm³/mol. The normalized spacial score (nSPS) is 14.0. The molecule has 51 heavy (non-hydrogen) atoms. The summed E-state index contributed by atoms with van der Waals surface area (Å²) < 4.78 is 32.6. The Kier molecular flexibility index (Phi) is 35.8. The standard InChI is InChI=1S/C41H72NO8P/c1-3-5-7-9-11-13-15-17-18-19-20-22-23-25-27-29-31-33-40(43)47-37-39(38-49-51(45,46)48-36-35-42)50-41(44)34-32-30-28-26-24-21-16-14-12-10-8-6-4-2/h5,7,11,13-14,16-18,20,22,39H,3-4,6,8-10,12,15,19,21,23-38,42H2,1-2H3,(H,45,46)/b7-5-,13-11-,16-14-,18-17-,22-20-/t39-/m1/s1. The highest BCUT2D eigenvalue weighted by atomic mass is 31.2. The number of phosphoric ester groups is 1. The van der Waals surface area contributed by atoms with Gasteiger partial charge in [-0.05, 0) is 77.0 Å². The summed E-state index contributed by atoms with van der Waals surface area (Å²) in [5.41, 5.74) is 5.33. The smallest absolute Gasteiger partial charge is 0.462 e. The van der Waals surface area contributed by atoms with Crippen LogP contribution in [0.2, 0.25) is 0 Å². The van der Waals surface area contributed by atoms with Crippen molar-refractivity contribution in [1.29, 1.82) is 0 Å². The first-order chi connectivity index (χ1) is 24.8. The molecular formula is C41H72NO8P. The zero-order valence-corrected chi connectivity index (χ0v) is 33.0. The van der Waals surface area contributed by atoms with E-state index in [0.29, 0.717) is 12.8 Å². The van der Waals surface area contributed by atoms with E-state index in [1.165, 1.54) is 25.7 Å². The van der Waals surface area contributed by atoms with Crippen molar-refractivity contribution in [3.8, 4) is 0 Å². The van der Waals surface area contributed by atoms with Crippen LogP contribution in [0.4, 0.5) is 0 Å². The van der Waals surface area contributed by atoms with Crippen molar-refractivity contribution in [2.24, 2.45) is 5.73 Å². The summed E-state index contributed by atoms with van der Waals surface area (Å²) in [6, 6.07) is 0. The number of nitrogens with two attached hydrogens (primary N) is 1. The summed E-state index contributed by atoms with van der Waals surface area (Å²) in [6.45, 7) is 3.54. The molecule has 0 aromatic heterocycles. The highest BCUT2D eigenvalue weighted by Crippen LogP contribution is 2.43. The first-order valence-corrected chi connectivity index (χ1v) is 21.3. The lowest BCUT2D eigenvalue weighted by Gasteiger charge is -2.19. The van der Waals surface area contributed by atoms with Gasteiger partial charge in [-0.3, -0.25) is 18.6 Å². The van der Waals surface area contributed by atoms with E-state index in [2.05, 4.69) is 74.6 Å². The van der Waals surface area contributed by atoms with Gasteiger partial charge in [-0.15, -0.1) is 0 Å². The Morgan fingerprint density at radius 3 is 1.63 bits per heavy atom. The maximum atomic E-state index is 12.5. The van der Waals surface area contributed by atoms with Crippen LogP contribution in [0.1, 0.15) is 155 Å². The summed E-state index contributed by atoms with van der Waals surface area (Å²) in [7, 11) is -4.38.